The number of halogens is 2. The maximum Gasteiger partial charge on any atom is 0.243 e. The second kappa shape index (κ2) is 11.1. The number of nitrogens with one attached hydrogen (secondary N) is 1. The van der Waals surface area contributed by atoms with Crippen LogP contribution in [0.3, 0.4) is 0 Å². The van der Waals surface area contributed by atoms with E-state index < -0.39 is 16.1 Å². The van der Waals surface area contributed by atoms with Crippen molar-refractivity contribution in [3.05, 3.63) is 64.1 Å². The van der Waals surface area contributed by atoms with Gasteiger partial charge < -0.3 is 5.32 Å². The van der Waals surface area contributed by atoms with E-state index in [9.17, 15) is 13.2 Å². The van der Waals surface area contributed by atoms with Crippen molar-refractivity contribution in [3.63, 3.8) is 0 Å². The molecule has 0 aromatic heterocycles. The third-order valence-electron chi connectivity index (χ3n) is 4.17. The third-order valence-corrected chi connectivity index (χ3v) is 6.98. The van der Waals surface area contributed by atoms with E-state index in [2.05, 4.69) is 5.32 Å². The molecular weight excluding hydrogens is 451 g/mol. The Hall–Kier alpha value is -1.41. The van der Waals surface area contributed by atoms with Gasteiger partial charge >= 0.3 is 0 Å². The standard InChI is InChI=1S/C20H24Cl2N2O3S2/c1-3-19(24(29(2,26)27)17-10-8-16(21)9-11-17)20(25)23-12-13-28-14-15-6-4-5-7-18(15)22/h4-11,19H,3,12-14H2,1-2H3,(H,23,25). The lowest BCUT2D eigenvalue weighted by molar-refractivity contribution is -0.122. The molecule has 0 radical (unpaired) electrons. The van der Waals surface area contributed by atoms with Gasteiger partial charge in [0.2, 0.25) is 15.9 Å². The maximum atomic E-state index is 12.7. The molecule has 1 N–H and O–H groups in total. The summed E-state index contributed by atoms with van der Waals surface area (Å²) in [5, 5.41) is 4.06. The monoisotopic (exact) mass is 474 g/mol. The van der Waals surface area contributed by atoms with Gasteiger partial charge in [0.15, 0.2) is 0 Å². The number of nitrogens with zero attached hydrogens (tertiary/aromatic N) is 1. The molecule has 1 amide bonds. The highest BCUT2D eigenvalue weighted by molar-refractivity contribution is 7.98. The molecule has 29 heavy (non-hydrogen) atoms. The van der Waals surface area contributed by atoms with Crippen LogP contribution in [0.5, 0.6) is 0 Å². The van der Waals surface area contributed by atoms with Crippen molar-refractivity contribution in [2.45, 2.75) is 25.1 Å². The molecule has 0 bridgehead atoms. The summed E-state index contributed by atoms with van der Waals surface area (Å²) in [6.45, 7) is 2.22. The quantitative estimate of drug-likeness (QED) is 0.511. The van der Waals surface area contributed by atoms with Gasteiger partial charge in [-0.3, -0.25) is 9.10 Å². The number of carbonyl (C=O) groups is 1. The summed E-state index contributed by atoms with van der Waals surface area (Å²) in [4.78, 5) is 12.7. The number of sulfonamides is 1. The van der Waals surface area contributed by atoms with Crippen molar-refractivity contribution in [2.24, 2.45) is 0 Å². The van der Waals surface area contributed by atoms with Crippen LogP contribution < -0.4 is 9.62 Å². The molecule has 2 rings (SSSR count). The second-order valence-electron chi connectivity index (χ2n) is 6.39. The van der Waals surface area contributed by atoms with Crippen LogP contribution in [-0.4, -0.2) is 38.9 Å². The van der Waals surface area contributed by atoms with Crippen LogP contribution in [0.15, 0.2) is 48.5 Å². The van der Waals surface area contributed by atoms with Crippen LogP contribution in [0.2, 0.25) is 10.0 Å². The highest BCUT2D eigenvalue weighted by Gasteiger charge is 2.31. The zero-order valence-electron chi connectivity index (χ0n) is 16.3. The van der Waals surface area contributed by atoms with Gasteiger partial charge in [-0.2, -0.15) is 11.8 Å². The number of hydrogen-bond donors (Lipinski definition) is 1. The predicted octanol–water partition coefficient (Wildman–Crippen LogP) is 4.59. The van der Waals surface area contributed by atoms with E-state index in [4.69, 9.17) is 23.2 Å². The van der Waals surface area contributed by atoms with E-state index >= 15 is 0 Å². The Morgan fingerprint density at radius 2 is 1.79 bits per heavy atom. The number of thioether (sulfide) groups is 1. The molecule has 0 saturated carbocycles. The van der Waals surface area contributed by atoms with E-state index in [1.54, 1.807) is 43.0 Å². The number of anilines is 1. The van der Waals surface area contributed by atoms with Crippen LogP contribution in [0.25, 0.3) is 0 Å². The summed E-state index contributed by atoms with van der Waals surface area (Å²) < 4.78 is 25.9. The lowest BCUT2D eigenvalue weighted by Crippen LogP contribution is -2.49. The fourth-order valence-electron chi connectivity index (χ4n) is 2.81. The van der Waals surface area contributed by atoms with Gasteiger partial charge in [-0.15, -0.1) is 0 Å². The Morgan fingerprint density at radius 3 is 2.38 bits per heavy atom. The molecule has 2 aromatic rings. The molecule has 2 aromatic carbocycles. The minimum Gasteiger partial charge on any atom is -0.353 e. The Bertz CT molecular complexity index is 922. The highest BCUT2D eigenvalue weighted by atomic mass is 35.5. The minimum atomic E-state index is -3.65. The first kappa shape index (κ1) is 23.9. The molecule has 0 aliphatic carbocycles. The van der Waals surface area contributed by atoms with Crippen LogP contribution in [0, 0.1) is 0 Å². The molecule has 158 valence electrons. The summed E-state index contributed by atoms with van der Waals surface area (Å²) in [7, 11) is -3.65. The summed E-state index contributed by atoms with van der Waals surface area (Å²) in [6, 6.07) is 13.2. The summed E-state index contributed by atoms with van der Waals surface area (Å²) in [5.41, 5.74) is 1.45. The Kier molecular flexibility index (Phi) is 9.14. The van der Waals surface area contributed by atoms with Crippen molar-refractivity contribution in [1.82, 2.24) is 5.32 Å². The van der Waals surface area contributed by atoms with Crippen molar-refractivity contribution in [2.75, 3.05) is 22.9 Å². The van der Waals surface area contributed by atoms with Crippen molar-refractivity contribution >= 4 is 56.6 Å². The number of rotatable bonds is 10. The van der Waals surface area contributed by atoms with E-state index in [1.165, 1.54) is 0 Å². The number of benzene rings is 2. The van der Waals surface area contributed by atoms with E-state index in [0.717, 1.165) is 26.9 Å². The summed E-state index contributed by atoms with van der Waals surface area (Å²) >= 11 is 13.7. The SMILES string of the molecule is CCC(C(=O)NCCSCc1ccccc1Cl)N(c1ccc(Cl)cc1)S(C)(=O)=O. The smallest absolute Gasteiger partial charge is 0.243 e. The molecule has 0 aliphatic heterocycles. The van der Waals surface area contributed by atoms with Gasteiger partial charge in [0.05, 0.1) is 11.9 Å². The Morgan fingerprint density at radius 1 is 1.14 bits per heavy atom. The normalized spacial score (nSPS) is 12.4. The summed E-state index contributed by atoms with van der Waals surface area (Å²) in [6.07, 6.45) is 1.44. The number of hydrogen-bond acceptors (Lipinski definition) is 4. The van der Waals surface area contributed by atoms with Gasteiger partial charge in [0, 0.05) is 28.1 Å². The van der Waals surface area contributed by atoms with Crippen molar-refractivity contribution in [3.8, 4) is 0 Å². The molecule has 0 aliphatic rings. The molecule has 0 fully saturated rings. The lowest BCUT2D eigenvalue weighted by atomic mass is 10.2. The first-order valence-corrected chi connectivity index (χ1v) is 12.8. The molecule has 5 nitrogen and oxygen atoms in total. The highest BCUT2D eigenvalue weighted by Crippen LogP contribution is 2.24. The third kappa shape index (κ3) is 7.10. The van der Waals surface area contributed by atoms with Gasteiger partial charge in [-0.25, -0.2) is 8.42 Å². The molecule has 0 spiro atoms. The van der Waals surface area contributed by atoms with Crippen LogP contribution >= 0.6 is 35.0 Å². The zero-order chi connectivity index (χ0) is 21.4. The van der Waals surface area contributed by atoms with Gasteiger partial charge in [0.1, 0.15) is 6.04 Å². The first-order chi connectivity index (χ1) is 13.7. The van der Waals surface area contributed by atoms with Crippen LogP contribution in [0.1, 0.15) is 18.9 Å². The number of carbonyl (C=O) groups excluding carboxylic acids is 1. The largest absolute Gasteiger partial charge is 0.353 e. The summed E-state index contributed by atoms with van der Waals surface area (Å²) in [5.74, 6) is 1.10. The zero-order valence-corrected chi connectivity index (χ0v) is 19.4. The van der Waals surface area contributed by atoms with Gasteiger partial charge in [-0.1, -0.05) is 48.3 Å². The average molecular weight is 475 g/mol. The predicted molar refractivity (Wildman–Crippen MR) is 123 cm³/mol. The number of amides is 1. The van der Waals surface area contributed by atoms with E-state index in [1.807, 2.05) is 24.3 Å². The minimum absolute atomic E-state index is 0.328. The lowest BCUT2D eigenvalue weighted by Gasteiger charge is -2.30. The van der Waals surface area contributed by atoms with E-state index in [-0.39, 0.29) is 5.91 Å². The Labute approximate surface area is 186 Å². The first-order valence-electron chi connectivity index (χ1n) is 9.08. The topological polar surface area (TPSA) is 66.5 Å². The fourth-order valence-corrected chi connectivity index (χ4v) is 5.29. The molecule has 1 atom stereocenters. The molecule has 1 unspecified atom stereocenters. The second-order valence-corrected chi connectivity index (χ2v) is 10.2. The molecule has 0 saturated heterocycles. The molecule has 9 heteroatoms. The van der Waals surface area contributed by atoms with Gasteiger partial charge in [0.25, 0.3) is 0 Å². The van der Waals surface area contributed by atoms with Crippen LogP contribution in [0.4, 0.5) is 5.69 Å². The van der Waals surface area contributed by atoms with Crippen molar-refractivity contribution in [1.29, 1.82) is 0 Å². The van der Waals surface area contributed by atoms with Crippen molar-refractivity contribution < 1.29 is 13.2 Å². The molecular formula is C20H24Cl2N2O3S2. The van der Waals surface area contributed by atoms with Gasteiger partial charge in [-0.05, 0) is 42.3 Å². The Balaban J connectivity index is 1.97. The average Bonchev–Trinajstić information content (AvgIpc) is 2.67. The van der Waals surface area contributed by atoms with Crippen LogP contribution in [-0.2, 0) is 20.6 Å². The fraction of sp³-hybridized carbons (Fsp3) is 0.350. The van der Waals surface area contributed by atoms with E-state index in [0.29, 0.717) is 29.4 Å². The maximum absolute atomic E-state index is 12.7. The molecule has 0 heterocycles.